The Bertz CT molecular complexity index is 613. The Balaban J connectivity index is 2.32. The summed E-state index contributed by atoms with van der Waals surface area (Å²) in [6.45, 7) is 4.05. The lowest BCUT2D eigenvalue weighted by Gasteiger charge is -2.34. The van der Waals surface area contributed by atoms with Crippen LogP contribution in [-0.2, 0) is 4.79 Å². The largest absolute Gasteiger partial charge is 0.496 e. The van der Waals surface area contributed by atoms with Crippen molar-refractivity contribution in [1.82, 2.24) is 4.90 Å². The van der Waals surface area contributed by atoms with Gasteiger partial charge in [0.1, 0.15) is 5.75 Å². The van der Waals surface area contributed by atoms with E-state index in [4.69, 9.17) is 16.3 Å². The van der Waals surface area contributed by atoms with Gasteiger partial charge in [-0.15, -0.1) is 0 Å². The molecule has 5 nitrogen and oxygen atoms in total. The van der Waals surface area contributed by atoms with Crippen LogP contribution in [0.15, 0.2) is 12.1 Å². The van der Waals surface area contributed by atoms with Gasteiger partial charge in [0.05, 0.1) is 23.4 Å². The van der Waals surface area contributed by atoms with E-state index < -0.39 is 0 Å². The first-order chi connectivity index (χ1) is 11.5. The Kier molecular flexibility index (Phi) is 6.49. The molecule has 0 saturated heterocycles. The van der Waals surface area contributed by atoms with Gasteiger partial charge in [0.2, 0.25) is 5.91 Å². The number of nitrogens with zero attached hydrogens (tertiary/aromatic N) is 1. The number of anilines is 1. The first-order valence-corrected chi connectivity index (χ1v) is 8.81. The molecule has 1 fully saturated rings. The molecule has 0 atom stereocenters. The van der Waals surface area contributed by atoms with E-state index in [-0.39, 0.29) is 17.9 Å². The van der Waals surface area contributed by atoms with Gasteiger partial charge in [0, 0.05) is 25.6 Å². The van der Waals surface area contributed by atoms with Crippen LogP contribution in [-0.4, -0.2) is 36.4 Å². The van der Waals surface area contributed by atoms with Crippen LogP contribution >= 0.6 is 11.6 Å². The number of rotatable bonds is 5. The number of amides is 2. The molecular weight excluding hydrogens is 328 g/mol. The maximum atomic E-state index is 13.0. The number of ether oxygens (including phenoxy) is 1. The van der Waals surface area contributed by atoms with Crippen LogP contribution in [0.1, 0.15) is 56.3 Å². The van der Waals surface area contributed by atoms with Crippen molar-refractivity contribution in [3.05, 3.63) is 22.7 Å². The molecule has 1 aliphatic rings. The van der Waals surface area contributed by atoms with Crippen molar-refractivity contribution < 1.29 is 14.3 Å². The van der Waals surface area contributed by atoms with Crippen molar-refractivity contribution in [2.24, 2.45) is 0 Å². The minimum absolute atomic E-state index is 0.0717. The average molecular weight is 353 g/mol. The topological polar surface area (TPSA) is 58.6 Å². The third-order valence-corrected chi connectivity index (χ3v) is 4.76. The fourth-order valence-electron chi connectivity index (χ4n) is 3.29. The molecule has 1 aromatic carbocycles. The molecular formula is C18H25ClN2O3. The molecule has 24 heavy (non-hydrogen) atoms. The first kappa shape index (κ1) is 18.6. The van der Waals surface area contributed by atoms with E-state index in [1.165, 1.54) is 20.5 Å². The number of carbonyl (C=O) groups excluding carboxylic acids is 2. The van der Waals surface area contributed by atoms with Gasteiger partial charge < -0.3 is 15.0 Å². The van der Waals surface area contributed by atoms with Gasteiger partial charge in [0.15, 0.2) is 0 Å². The highest BCUT2D eigenvalue weighted by atomic mass is 35.5. The molecule has 6 heteroatoms. The van der Waals surface area contributed by atoms with Gasteiger partial charge >= 0.3 is 0 Å². The summed E-state index contributed by atoms with van der Waals surface area (Å²) in [7, 11) is 1.51. The van der Waals surface area contributed by atoms with E-state index in [9.17, 15) is 9.59 Å². The van der Waals surface area contributed by atoms with Gasteiger partial charge in [-0.1, -0.05) is 30.9 Å². The normalized spacial score (nSPS) is 15.0. The molecule has 0 radical (unpaired) electrons. The third-order valence-electron chi connectivity index (χ3n) is 4.45. The summed E-state index contributed by atoms with van der Waals surface area (Å²) in [4.78, 5) is 26.2. The first-order valence-electron chi connectivity index (χ1n) is 8.44. The number of methoxy groups -OCH3 is 1. The minimum atomic E-state index is -0.226. The number of nitrogens with one attached hydrogen (secondary N) is 1. The number of benzene rings is 1. The summed E-state index contributed by atoms with van der Waals surface area (Å²) < 4.78 is 5.37. The lowest BCUT2D eigenvalue weighted by atomic mass is 9.93. The SMILES string of the molecule is CCN(C(=O)c1cc(Cl)c(NC(C)=O)cc1OC)C1CCCCC1. The minimum Gasteiger partial charge on any atom is -0.496 e. The molecule has 1 aliphatic carbocycles. The second-order valence-electron chi connectivity index (χ2n) is 6.10. The third kappa shape index (κ3) is 4.20. The molecule has 1 N–H and O–H groups in total. The lowest BCUT2D eigenvalue weighted by molar-refractivity contribution is -0.114. The molecule has 2 amide bonds. The monoisotopic (exact) mass is 352 g/mol. The maximum absolute atomic E-state index is 13.0. The fraction of sp³-hybridized carbons (Fsp3) is 0.556. The Morgan fingerprint density at radius 3 is 2.50 bits per heavy atom. The molecule has 0 spiro atoms. The number of hydrogen-bond donors (Lipinski definition) is 1. The van der Waals surface area contributed by atoms with E-state index in [2.05, 4.69) is 5.32 Å². The summed E-state index contributed by atoms with van der Waals surface area (Å²) in [5.74, 6) is 0.121. The van der Waals surface area contributed by atoms with Crippen LogP contribution in [0, 0.1) is 0 Å². The van der Waals surface area contributed by atoms with Crippen LogP contribution in [0.3, 0.4) is 0 Å². The van der Waals surface area contributed by atoms with E-state index in [1.807, 2.05) is 11.8 Å². The lowest BCUT2D eigenvalue weighted by Crippen LogP contribution is -2.41. The van der Waals surface area contributed by atoms with E-state index >= 15 is 0 Å². The standard InChI is InChI=1S/C18H25ClN2O3/c1-4-21(13-8-6-5-7-9-13)18(23)14-10-15(19)16(20-12(2)22)11-17(14)24-3/h10-11,13H,4-9H2,1-3H3,(H,20,22). The van der Waals surface area contributed by atoms with Crippen molar-refractivity contribution >= 4 is 29.1 Å². The average Bonchev–Trinajstić information content (AvgIpc) is 2.57. The quantitative estimate of drug-likeness (QED) is 0.867. The molecule has 0 bridgehead atoms. The van der Waals surface area contributed by atoms with Gasteiger partial charge in [-0.3, -0.25) is 9.59 Å². The summed E-state index contributed by atoms with van der Waals surface area (Å²) >= 11 is 6.24. The van der Waals surface area contributed by atoms with Crippen LogP contribution in [0.5, 0.6) is 5.75 Å². The van der Waals surface area contributed by atoms with Crippen LogP contribution in [0.25, 0.3) is 0 Å². The van der Waals surface area contributed by atoms with Crippen LogP contribution < -0.4 is 10.1 Å². The van der Waals surface area contributed by atoms with Crippen molar-refractivity contribution in [3.63, 3.8) is 0 Å². The fourth-order valence-corrected chi connectivity index (χ4v) is 3.50. The summed E-state index contributed by atoms with van der Waals surface area (Å²) in [6.07, 6.45) is 5.64. The number of hydrogen-bond acceptors (Lipinski definition) is 3. The molecule has 2 rings (SSSR count). The van der Waals surface area contributed by atoms with Crippen molar-refractivity contribution in [2.75, 3.05) is 19.0 Å². The van der Waals surface area contributed by atoms with Gasteiger partial charge in [-0.2, -0.15) is 0 Å². The van der Waals surface area contributed by atoms with E-state index in [0.717, 1.165) is 25.7 Å². The zero-order chi connectivity index (χ0) is 17.7. The van der Waals surface area contributed by atoms with Gasteiger partial charge in [-0.25, -0.2) is 0 Å². The maximum Gasteiger partial charge on any atom is 0.257 e. The Morgan fingerprint density at radius 1 is 1.29 bits per heavy atom. The predicted octanol–water partition coefficient (Wildman–Crippen LogP) is 4.10. The van der Waals surface area contributed by atoms with E-state index in [1.54, 1.807) is 12.1 Å². The number of halogens is 1. The molecule has 0 unspecified atom stereocenters. The molecule has 0 aromatic heterocycles. The summed E-state index contributed by atoms with van der Waals surface area (Å²) in [5, 5.41) is 2.97. The highest BCUT2D eigenvalue weighted by molar-refractivity contribution is 6.34. The van der Waals surface area contributed by atoms with Crippen molar-refractivity contribution in [3.8, 4) is 5.75 Å². The molecule has 1 aromatic rings. The highest BCUT2D eigenvalue weighted by Crippen LogP contribution is 2.33. The smallest absolute Gasteiger partial charge is 0.257 e. The molecule has 0 aliphatic heterocycles. The second-order valence-corrected chi connectivity index (χ2v) is 6.50. The zero-order valence-electron chi connectivity index (χ0n) is 14.5. The molecule has 132 valence electrons. The van der Waals surface area contributed by atoms with Gasteiger partial charge in [-0.05, 0) is 25.8 Å². The van der Waals surface area contributed by atoms with Gasteiger partial charge in [0.25, 0.3) is 5.91 Å². The molecule has 1 saturated carbocycles. The summed E-state index contributed by atoms with van der Waals surface area (Å²) in [6, 6.07) is 3.46. The Morgan fingerprint density at radius 2 is 1.96 bits per heavy atom. The Hall–Kier alpha value is -1.75. The Labute approximate surface area is 148 Å². The van der Waals surface area contributed by atoms with Crippen LogP contribution in [0.2, 0.25) is 5.02 Å². The van der Waals surface area contributed by atoms with Crippen LogP contribution in [0.4, 0.5) is 5.69 Å². The highest BCUT2D eigenvalue weighted by Gasteiger charge is 2.27. The van der Waals surface area contributed by atoms with Crippen molar-refractivity contribution in [1.29, 1.82) is 0 Å². The van der Waals surface area contributed by atoms with Crippen molar-refractivity contribution in [2.45, 2.75) is 52.0 Å². The molecule has 0 heterocycles. The second kappa shape index (κ2) is 8.38. The van der Waals surface area contributed by atoms with E-state index in [0.29, 0.717) is 28.6 Å². The predicted molar refractivity (Wildman–Crippen MR) is 95.9 cm³/mol. The summed E-state index contributed by atoms with van der Waals surface area (Å²) in [5.41, 5.74) is 0.877. The number of carbonyl (C=O) groups is 2. The zero-order valence-corrected chi connectivity index (χ0v) is 15.3.